The number of thiophene rings is 1. The Kier molecular flexibility index (Phi) is 8.32. The molecule has 35 heavy (non-hydrogen) atoms. The van der Waals surface area contributed by atoms with Crippen LogP contribution in [0, 0.1) is 0 Å². The van der Waals surface area contributed by atoms with Crippen LogP contribution >= 0.6 is 11.3 Å². The van der Waals surface area contributed by atoms with Crippen LogP contribution < -0.4 is 10.6 Å². The van der Waals surface area contributed by atoms with Gasteiger partial charge in [-0.3, -0.25) is 9.59 Å². The first-order chi connectivity index (χ1) is 17.1. The molecule has 1 unspecified atom stereocenters. The summed E-state index contributed by atoms with van der Waals surface area (Å²) in [6.07, 6.45) is 4.39. The first kappa shape index (κ1) is 24.3. The summed E-state index contributed by atoms with van der Waals surface area (Å²) >= 11 is 1.32. The lowest BCUT2D eigenvalue weighted by atomic mass is 10.0. The number of aliphatic hydroxyl groups is 1. The van der Waals surface area contributed by atoms with Gasteiger partial charge in [0.05, 0.1) is 4.88 Å². The van der Waals surface area contributed by atoms with Crippen molar-refractivity contribution < 1.29 is 14.7 Å². The van der Waals surface area contributed by atoms with Crippen molar-refractivity contribution in [3.05, 3.63) is 94.9 Å². The molecule has 2 aromatic heterocycles. The van der Waals surface area contributed by atoms with Gasteiger partial charge in [0.1, 0.15) is 6.04 Å². The van der Waals surface area contributed by atoms with Gasteiger partial charge in [-0.15, -0.1) is 11.3 Å². The van der Waals surface area contributed by atoms with Crippen LogP contribution in [0.4, 0.5) is 0 Å². The largest absolute Gasteiger partial charge is 0.396 e. The molecule has 0 bridgehead atoms. The van der Waals surface area contributed by atoms with Gasteiger partial charge in [-0.2, -0.15) is 0 Å². The van der Waals surface area contributed by atoms with Crippen molar-refractivity contribution in [2.45, 2.75) is 18.9 Å². The number of nitrogens with one attached hydrogen (secondary N) is 2. The van der Waals surface area contributed by atoms with Crippen molar-refractivity contribution in [2.75, 3.05) is 13.2 Å². The van der Waals surface area contributed by atoms with Crippen LogP contribution in [0.1, 0.15) is 21.7 Å². The van der Waals surface area contributed by atoms with Gasteiger partial charge in [0.15, 0.2) is 5.82 Å². The highest BCUT2D eigenvalue weighted by Crippen LogP contribution is 2.21. The number of rotatable bonds is 10. The quantitative estimate of drug-likeness (QED) is 0.297. The third-order valence-corrected chi connectivity index (χ3v) is 6.28. The van der Waals surface area contributed by atoms with Gasteiger partial charge in [-0.25, -0.2) is 9.97 Å². The monoisotopic (exact) mass is 486 g/mol. The van der Waals surface area contributed by atoms with E-state index in [4.69, 9.17) is 5.11 Å². The second-order valence-corrected chi connectivity index (χ2v) is 8.88. The Bertz CT molecular complexity index is 1230. The summed E-state index contributed by atoms with van der Waals surface area (Å²) in [4.78, 5) is 34.9. The summed E-state index contributed by atoms with van der Waals surface area (Å²) in [5.41, 5.74) is 3.76. The van der Waals surface area contributed by atoms with Crippen LogP contribution in [0.5, 0.6) is 0 Å². The van der Waals surface area contributed by atoms with E-state index in [0.717, 1.165) is 22.3 Å². The van der Waals surface area contributed by atoms with E-state index in [1.165, 1.54) is 11.3 Å². The molecule has 0 aliphatic heterocycles. The predicted molar refractivity (Wildman–Crippen MR) is 137 cm³/mol. The maximum Gasteiger partial charge on any atom is 0.262 e. The van der Waals surface area contributed by atoms with Crippen LogP contribution in [-0.4, -0.2) is 46.1 Å². The number of hydrogen-bond donors (Lipinski definition) is 3. The number of aliphatic hydroxyl groups excluding tert-OH is 1. The second kappa shape index (κ2) is 12.0. The maximum atomic E-state index is 12.7. The van der Waals surface area contributed by atoms with Gasteiger partial charge in [0.2, 0.25) is 5.91 Å². The zero-order valence-electron chi connectivity index (χ0n) is 19.1. The smallest absolute Gasteiger partial charge is 0.262 e. The number of benzene rings is 2. The molecule has 0 aliphatic carbocycles. The summed E-state index contributed by atoms with van der Waals surface area (Å²) in [7, 11) is 0. The summed E-state index contributed by atoms with van der Waals surface area (Å²) in [6, 6.07) is 20.4. The van der Waals surface area contributed by atoms with Gasteiger partial charge >= 0.3 is 0 Å². The van der Waals surface area contributed by atoms with E-state index in [2.05, 4.69) is 20.6 Å². The summed E-state index contributed by atoms with van der Waals surface area (Å²) in [6.45, 7) is 0.332. The zero-order valence-corrected chi connectivity index (χ0v) is 19.9. The van der Waals surface area contributed by atoms with Gasteiger partial charge in [0, 0.05) is 43.1 Å². The number of carbonyl (C=O) groups excluding carboxylic acids is 2. The molecule has 2 heterocycles. The molecular formula is C27H26N4O3S. The Morgan fingerprint density at radius 1 is 0.886 bits per heavy atom. The van der Waals surface area contributed by atoms with Crippen LogP contribution in [0.2, 0.25) is 0 Å². The Morgan fingerprint density at radius 2 is 1.63 bits per heavy atom. The van der Waals surface area contributed by atoms with Crippen molar-refractivity contribution in [3.63, 3.8) is 0 Å². The number of amides is 2. The average molecular weight is 487 g/mol. The van der Waals surface area contributed by atoms with Crippen molar-refractivity contribution >= 4 is 23.2 Å². The molecule has 178 valence electrons. The van der Waals surface area contributed by atoms with E-state index in [9.17, 15) is 9.59 Å². The molecule has 0 saturated heterocycles. The molecule has 0 fully saturated rings. The molecule has 1 atom stereocenters. The Hall–Kier alpha value is -3.88. The lowest BCUT2D eigenvalue weighted by molar-refractivity contribution is -0.122. The molecule has 0 saturated carbocycles. The SMILES string of the molecule is O=C(NC(Cc1ccc(-c2ncc(-c3ccccc3)cn2)cc1)C(=O)NCCCO)c1cccs1. The highest BCUT2D eigenvalue weighted by Gasteiger charge is 2.22. The molecule has 3 N–H and O–H groups in total. The summed E-state index contributed by atoms with van der Waals surface area (Å²) in [5.74, 6) is 0.0404. The van der Waals surface area contributed by atoms with E-state index in [1.54, 1.807) is 24.5 Å². The van der Waals surface area contributed by atoms with E-state index < -0.39 is 6.04 Å². The molecule has 2 amide bonds. The van der Waals surface area contributed by atoms with Gasteiger partial charge in [-0.05, 0) is 29.0 Å². The summed E-state index contributed by atoms with van der Waals surface area (Å²) in [5, 5.41) is 16.4. The predicted octanol–water partition coefficient (Wildman–Crippen LogP) is 3.71. The van der Waals surface area contributed by atoms with E-state index in [-0.39, 0.29) is 18.4 Å². The lowest BCUT2D eigenvalue weighted by Gasteiger charge is -2.18. The fourth-order valence-corrected chi connectivity index (χ4v) is 4.17. The van der Waals surface area contributed by atoms with Gasteiger partial charge in [0.25, 0.3) is 5.91 Å². The number of carbonyl (C=O) groups is 2. The van der Waals surface area contributed by atoms with Crippen LogP contribution in [0.3, 0.4) is 0 Å². The standard InChI is InChI=1S/C27H26N4O3S/c32-14-5-13-28-26(33)23(31-27(34)24-8-4-15-35-24)16-19-9-11-21(12-10-19)25-29-17-22(18-30-25)20-6-2-1-3-7-20/h1-4,6-12,15,17-18,23,32H,5,13-14,16H2,(H,28,33)(H,31,34). The van der Waals surface area contributed by atoms with Crippen molar-refractivity contribution in [1.82, 2.24) is 20.6 Å². The lowest BCUT2D eigenvalue weighted by Crippen LogP contribution is -2.48. The Morgan fingerprint density at radius 3 is 2.29 bits per heavy atom. The number of nitrogens with zero attached hydrogens (tertiary/aromatic N) is 2. The van der Waals surface area contributed by atoms with E-state index >= 15 is 0 Å². The average Bonchev–Trinajstić information content (AvgIpc) is 3.45. The molecule has 0 aliphatic rings. The minimum atomic E-state index is -0.740. The molecule has 0 spiro atoms. The van der Waals surface area contributed by atoms with Gasteiger partial charge in [-0.1, -0.05) is 60.7 Å². The molecule has 4 aromatic rings. The van der Waals surface area contributed by atoms with Crippen molar-refractivity contribution in [1.29, 1.82) is 0 Å². The maximum absolute atomic E-state index is 12.7. The summed E-state index contributed by atoms with van der Waals surface area (Å²) < 4.78 is 0. The molecule has 0 radical (unpaired) electrons. The van der Waals surface area contributed by atoms with E-state index in [0.29, 0.717) is 30.1 Å². The first-order valence-corrected chi connectivity index (χ1v) is 12.2. The molecule has 8 heteroatoms. The van der Waals surface area contributed by atoms with Crippen molar-refractivity contribution in [3.8, 4) is 22.5 Å². The molecule has 2 aromatic carbocycles. The fraction of sp³-hybridized carbons (Fsp3) is 0.185. The van der Waals surface area contributed by atoms with Gasteiger partial charge < -0.3 is 15.7 Å². The second-order valence-electron chi connectivity index (χ2n) is 7.93. The molecule has 4 rings (SSSR count). The van der Waals surface area contributed by atoms with Crippen LogP contribution in [-0.2, 0) is 11.2 Å². The topological polar surface area (TPSA) is 104 Å². The Balaban J connectivity index is 1.45. The number of aromatic nitrogens is 2. The Labute approximate surface area is 207 Å². The highest BCUT2D eigenvalue weighted by atomic mass is 32.1. The van der Waals surface area contributed by atoms with Crippen molar-refractivity contribution in [2.24, 2.45) is 0 Å². The fourth-order valence-electron chi connectivity index (χ4n) is 3.54. The molecular weight excluding hydrogens is 460 g/mol. The molecule has 7 nitrogen and oxygen atoms in total. The minimum Gasteiger partial charge on any atom is -0.396 e. The third kappa shape index (κ3) is 6.59. The zero-order chi connectivity index (χ0) is 24.5. The third-order valence-electron chi connectivity index (χ3n) is 5.41. The number of hydrogen-bond acceptors (Lipinski definition) is 6. The minimum absolute atomic E-state index is 0.0115. The highest BCUT2D eigenvalue weighted by molar-refractivity contribution is 7.12. The van der Waals surface area contributed by atoms with Crippen LogP contribution in [0.25, 0.3) is 22.5 Å². The van der Waals surface area contributed by atoms with Crippen LogP contribution in [0.15, 0.2) is 84.5 Å². The normalized spacial score (nSPS) is 11.6. The first-order valence-electron chi connectivity index (χ1n) is 11.3. The van der Waals surface area contributed by atoms with E-state index in [1.807, 2.05) is 60.0 Å².